The lowest BCUT2D eigenvalue weighted by Gasteiger charge is -2.28. The van der Waals surface area contributed by atoms with Crippen molar-refractivity contribution in [2.75, 3.05) is 13.7 Å². The van der Waals surface area contributed by atoms with Gasteiger partial charge in [0, 0.05) is 32.0 Å². The number of phenolic OH excluding ortho intramolecular Hbond substituents is 2. The fourth-order valence-electron chi connectivity index (χ4n) is 3.06. The maximum Gasteiger partial charge on any atom is 0.255 e. The van der Waals surface area contributed by atoms with Crippen LogP contribution in [0.25, 0.3) is 0 Å². The number of hydrogen-bond donors (Lipinski definition) is 3. The number of aromatic nitrogens is 2. The van der Waals surface area contributed by atoms with Crippen LogP contribution in [0.15, 0.2) is 16.9 Å². The Morgan fingerprint density at radius 2 is 2.12 bits per heavy atom. The summed E-state index contributed by atoms with van der Waals surface area (Å²) >= 11 is 0. The molecule has 0 spiro atoms. The second-order valence-electron chi connectivity index (χ2n) is 6.66. The van der Waals surface area contributed by atoms with Crippen LogP contribution in [0.1, 0.15) is 42.4 Å². The molecule has 1 aromatic carbocycles. The van der Waals surface area contributed by atoms with Gasteiger partial charge in [0.2, 0.25) is 5.75 Å². The monoisotopic (exact) mass is 345 g/mol. The fourth-order valence-corrected chi connectivity index (χ4v) is 3.06. The number of aromatic amines is 1. The van der Waals surface area contributed by atoms with E-state index in [9.17, 15) is 15.0 Å². The molecule has 1 aromatic heterocycles. The Morgan fingerprint density at radius 3 is 2.80 bits per heavy atom. The van der Waals surface area contributed by atoms with E-state index in [-0.39, 0.29) is 28.7 Å². The van der Waals surface area contributed by atoms with Gasteiger partial charge >= 0.3 is 0 Å². The normalized spacial score (nSPS) is 14.6. The number of aromatic hydroxyl groups is 2. The van der Waals surface area contributed by atoms with Crippen LogP contribution in [0.5, 0.6) is 17.2 Å². The Bertz CT molecular complexity index is 845. The van der Waals surface area contributed by atoms with Crippen LogP contribution in [0, 0.1) is 0 Å². The molecule has 7 heteroatoms. The van der Waals surface area contributed by atoms with Crippen LogP contribution in [0.2, 0.25) is 0 Å². The summed E-state index contributed by atoms with van der Waals surface area (Å²) in [7, 11) is 1.44. The number of nitrogens with zero attached hydrogens (tertiary/aromatic N) is 2. The molecule has 2 aromatic rings. The van der Waals surface area contributed by atoms with Crippen molar-refractivity contribution in [2.45, 2.75) is 39.3 Å². The molecule has 0 radical (unpaired) electrons. The average Bonchev–Trinajstić information content (AvgIpc) is 2.58. The number of rotatable bonds is 4. The predicted molar refractivity (Wildman–Crippen MR) is 93.1 cm³/mol. The van der Waals surface area contributed by atoms with E-state index < -0.39 is 0 Å². The highest BCUT2D eigenvalue weighted by Gasteiger charge is 2.22. The SMILES string of the molecule is COc1cc(CN2CCc3nc(C(C)C)[nH]c(=O)c3C2)cc(O)c1O. The van der Waals surface area contributed by atoms with Crippen molar-refractivity contribution in [3.63, 3.8) is 0 Å². The molecule has 7 nitrogen and oxygen atoms in total. The molecule has 3 N–H and O–H groups in total. The summed E-state index contributed by atoms with van der Waals surface area (Å²) < 4.78 is 5.07. The van der Waals surface area contributed by atoms with Gasteiger partial charge in [-0.1, -0.05) is 13.8 Å². The molecular formula is C18H23N3O4. The Kier molecular flexibility index (Phi) is 4.67. The van der Waals surface area contributed by atoms with E-state index in [1.165, 1.54) is 13.2 Å². The maximum absolute atomic E-state index is 12.4. The number of ether oxygens (including phenoxy) is 1. The molecule has 2 heterocycles. The largest absolute Gasteiger partial charge is 0.504 e. The van der Waals surface area contributed by atoms with Gasteiger partial charge in [0.05, 0.1) is 18.4 Å². The summed E-state index contributed by atoms with van der Waals surface area (Å²) in [5.41, 5.74) is 2.30. The van der Waals surface area contributed by atoms with E-state index in [0.717, 1.165) is 23.6 Å². The second-order valence-corrected chi connectivity index (χ2v) is 6.66. The molecule has 1 aliphatic heterocycles. The standard InChI is InChI=1S/C18H23N3O4/c1-10(2)17-19-13-4-5-21(9-12(13)18(24)20-17)8-11-6-14(22)16(23)15(7-11)25-3/h6-7,10,22-23H,4-5,8-9H2,1-3H3,(H,19,20,24). The van der Waals surface area contributed by atoms with E-state index in [4.69, 9.17) is 4.74 Å². The summed E-state index contributed by atoms with van der Waals surface area (Å²) in [6.07, 6.45) is 0.709. The second kappa shape index (κ2) is 6.76. The molecule has 0 fully saturated rings. The van der Waals surface area contributed by atoms with Crippen molar-refractivity contribution >= 4 is 0 Å². The third-order valence-electron chi connectivity index (χ3n) is 4.45. The van der Waals surface area contributed by atoms with Crippen LogP contribution in [0.4, 0.5) is 0 Å². The molecule has 0 atom stereocenters. The van der Waals surface area contributed by atoms with Gasteiger partial charge in [0.1, 0.15) is 5.82 Å². The van der Waals surface area contributed by atoms with Gasteiger partial charge in [-0.2, -0.15) is 0 Å². The number of benzene rings is 1. The number of H-pyrrole nitrogens is 1. The average molecular weight is 345 g/mol. The highest BCUT2D eigenvalue weighted by atomic mass is 16.5. The third kappa shape index (κ3) is 3.46. The minimum Gasteiger partial charge on any atom is -0.504 e. The summed E-state index contributed by atoms with van der Waals surface area (Å²) in [5.74, 6) is 0.660. The van der Waals surface area contributed by atoms with Crippen molar-refractivity contribution in [3.05, 3.63) is 45.1 Å². The lowest BCUT2D eigenvalue weighted by atomic mass is 10.0. The summed E-state index contributed by atoms with van der Waals surface area (Å²) in [4.78, 5) is 21.9. The van der Waals surface area contributed by atoms with Crippen molar-refractivity contribution in [2.24, 2.45) is 0 Å². The predicted octanol–water partition coefficient (Wildman–Crippen LogP) is 1.87. The zero-order valence-electron chi connectivity index (χ0n) is 14.7. The minimum atomic E-state index is -0.267. The molecule has 25 heavy (non-hydrogen) atoms. The number of fused-ring (bicyclic) bond motifs is 1. The zero-order chi connectivity index (χ0) is 18.1. The first-order valence-electron chi connectivity index (χ1n) is 8.32. The topological polar surface area (TPSA) is 98.7 Å². The van der Waals surface area contributed by atoms with Gasteiger partial charge in [-0.15, -0.1) is 0 Å². The molecule has 134 valence electrons. The van der Waals surface area contributed by atoms with Crippen molar-refractivity contribution in [1.82, 2.24) is 14.9 Å². The number of methoxy groups -OCH3 is 1. The lowest BCUT2D eigenvalue weighted by Crippen LogP contribution is -2.35. The smallest absolute Gasteiger partial charge is 0.255 e. The first-order valence-corrected chi connectivity index (χ1v) is 8.32. The van der Waals surface area contributed by atoms with Gasteiger partial charge in [0.15, 0.2) is 11.5 Å². The molecule has 0 saturated carbocycles. The van der Waals surface area contributed by atoms with Crippen molar-refractivity contribution in [3.8, 4) is 17.2 Å². The van der Waals surface area contributed by atoms with E-state index in [2.05, 4.69) is 14.9 Å². The van der Waals surface area contributed by atoms with E-state index in [1.807, 2.05) is 13.8 Å². The van der Waals surface area contributed by atoms with E-state index in [1.54, 1.807) is 6.07 Å². The number of nitrogens with one attached hydrogen (secondary N) is 1. The molecule has 0 unspecified atom stereocenters. The van der Waals surface area contributed by atoms with Gasteiger partial charge in [-0.3, -0.25) is 9.69 Å². The van der Waals surface area contributed by atoms with Gasteiger partial charge in [-0.25, -0.2) is 4.98 Å². The van der Waals surface area contributed by atoms with Crippen molar-refractivity contribution < 1.29 is 14.9 Å². The Balaban J connectivity index is 1.82. The lowest BCUT2D eigenvalue weighted by molar-refractivity contribution is 0.240. The van der Waals surface area contributed by atoms with Crippen LogP contribution < -0.4 is 10.3 Å². The van der Waals surface area contributed by atoms with Crippen LogP contribution in [-0.4, -0.2) is 38.7 Å². The number of phenols is 2. The summed E-state index contributed by atoms with van der Waals surface area (Å²) in [5, 5.41) is 19.5. The molecule has 0 bridgehead atoms. The van der Waals surface area contributed by atoms with Gasteiger partial charge < -0.3 is 19.9 Å². The van der Waals surface area contributed by atoms with Gasteiger partial charge in [-0.05, 0) is 17.7 Å². The van der Waals surface area contributed by atoms with E-state index in [0.29, 0.717) is 25.1 Å². The maximum atomic E-state index is 12.4. The van der Waals surface area contributed by atoms with Gasteiger partial charge in [0.25, 0.3) is 5.56 Å². The van der Waals surface area contributed by atoms with Crippen LogP contribution in [-0.2, 0) is 19.5 Å². The minimum absolute atomic E-state index is 0.0791. The molecule has 0 aliphatic carbocycles. The Labute approximate surface area is 145 Å². The quantitative estimate of drug-likeness (QED) is 0.732. The Hall–Kier alpha value is -2.54. The molecule has 1 aliphatic rings. The molecule has 0 saturated heterocycles. The first-order chi connectivity index (χ1) is 11.9. The zero-order valence-corrected chi connectivity index (χ0v) is 14.7. The first kappa shape index (κ1) is 17.3. The van der Waals surface area contributed by atoms with Crippen molar-refractivity contribution in [1.29, 1.82) is 0 Å². The third-order valence-corrected chi connectivity index (χ3v) is 4.45. The molecule has 3 rings (SSSR count). The highest BCUT2D eigenvalue weighted by molar-refractivity contribution is 5.51. The number of hydrogen-bond acceptors (Lipinski definition) is 6. The summed E-state index contributed by atoms with van der Waals surface area (Å²) in [6, 6.07) is 3.20. The summed E-state index contributed by atoms with van der Waals surface area (Å²) in [6.45, 7) is 5.81. The van der Waals surface area contributed by atoms with Crippen LogP contribution in [0.3, 0.4) is 0 Å². The highest BCUT2D eigenvalue weighted by Crippen LogP contribution is 2.36. The van der Waals surface area contributed by atoms with Crippen LogP contribution >= 0.6 is 0 Å². The molecular weight excluding hydrogens is 322 g/mol. The Morgan fingerprint density at radius 1 is 1.36 bits per heavy atom. The molecule has 0 amide bonds. The van der Waals surface area contributed by atoms with E-state index >= 15 is 0 Å². The fraction of sp³-hybridized carbons (Fsp3) is 0.444.